The van der Waals surface area contributed by atoms with Gasteiger partial charge in [-0.1, -0.05) is 11.6 Å². The molecule has 3 rings (SSSR count). The van der Waals surface area contributed by atoms with Gasteiger partial charge in [0.2, 0.25) is 5.91 Å². The zero-order chi connectivity index (χ0) is 16.6. The van der Waals surface area contributed by atoms with E-state index in [4.69, 9.17) is 11.6 Å². The van der Waals surface area contributed by atoms with Crippen LogP contribution in [0, 0.1) is 23.0 Å². The van der Waals surface area contributed by atoms with E-state index in [0.29, 0.717) is 12.2 Å². The Balaban J connectivity index is 1.70. The molecule has 0 spiro atoms. The van der Waals surface area contributed by atoms with Gasteiger partial charge in [0.25, 0.3) is 5.69 Å². The maximum Gasteiger partial charge on any atom is 0.276 e. The molecule has 0 aliphatic heterocycles. The Bertz CT molecular complexity index is 798. The smallest absolute Gasteiger partial charge is 0.276 e. The molecule has 0 bridgehead atoms. The molecule has 2 aromatic rings. The van der Waals surface area contributed by atoms with E-state index < -0.39 is 4.92 Å². The molecule has 1 saturated carbocycles. The normalized spacial score (nSPS) is 19.2. The lowest BCUT2D eigenvalue weighted by Crippen LogP contribution is -2.16. The van der Waals surface area contributed by atoms with E-state index in [1.54, 1.807) is 12.3 Å². The Hall–Kier alpha value is -2.61. The first kappa shape index (κ1) is 15.3. The number of anilines is 1. The fourth-order valence-electron chi connectivity index (χ4n) is 2.29. The number of hydrogen-bond donors (Lipinski definition) is 1. The number of aromatic nitrogens is 3. The van der Waals surface area contributed by atoms with Gasteiger partial charge in [-0.3, -0.25) is 14.9 Å². The number of carbonyl (C=O) groups excluding carboxylic acids is 1. The first-order valence-electron chi connectivity index (χ1n) is 6.86. The van der Waals surface area contributed by atoms with Crippen LogP contribution in [0.1, 0.15) is 23.9 Å². The first-order valence-corrected chi connectivity index (χ1v) is 7.24. The van der Waals surface area contributed by atoms with Gasteiger partial charge in [-0.15, -0.1) is 0 Å². The number of nitrogens with zero attached hydrogens (tertiary/aromatic N) is 4. The second-order valence-electron chi connectivity index (χ2n) is 5.28. The number of nitrogens with one attached hydrogen (secondary N) is 1. The summed E-state index contributed by atoms with van der Waals surface area (Å²) in [5.74, 6) is 0.116. The number of amides is 1. The Kier molecular flexibility index (Phi) is 3.91. The molecule has 2 aromatic heterocycles. The standard InChI is InChI=1S/C14H12ClN5O3/c1-7-2-3-16-13(17-7)9-6-10(9)14(21)19-12-5-8(20(22)23)4-11(15)18-12/h2-5,9-10H,6H2,1H3,(H,18,19,21). The Morgan fingerprint density at radius 1 is 1.43 bits per heavy atom. The molecule has 1 amide bonds. The molecular formula is C14H12ClN5O3. The largest absolute Gasteiger partial charge is 0.310 e. The van der Waals surface area contributed by atoms with Crippen molar-refractivity contribution < 1.29 is 9.72 Å². The number of halogens is 1. The molecule has 0 saturated heterocycles. The van der Waals surface area contributed by atoms with Crippen molar-refractivity contribution in [3.8, 4) is 0 Å². The summed E-state index contributed by atoms with van der Waals surface area (Å²) in [7, 11) is 0. The van der Waals surface area contributed by atoms with Crippen molar-refractivity contribution in [3.05, 3.63) is 51.2 Å². The molecule has 2 unspecified atom stereocenters. The molecule has 118 valence electrons. The van der Waals surface area contributed by atoms with E-state index >= 15 is 0 Å². The number of hydrogen-bond acceptors (Lipinski definition) is 6. The first-order chi connectivity index (χ1) is 10.9. The molecule has 1 N–H and O–H groups in total. The predicted octanol–water partition coefficient (Wildman–Crippen LogP) is 2.48. The number of carbonyl (C=O) groups is 1. The summed E-state index contributed by atoms with van der Waals surface area (Å²) in [6.07, 6.45) is 2.30. The molecule has 2 heterocycles. The van der Waals surface area contributed by atoms with E-state index in [2.05, 4.69) is 20.3 Å². The van der Waals surface area contributed by atoms with Crippen molar-refractivity contribution in [3.63, 3.8) is 0 Å². The van der Waals surface area contributed by atoms with Gasteiger partial charge in [0, 0.05) is 23.7 Å². The number of aryl methyl sites for hydroxylation is 1. The van der Waals surface area contributed by atoms with Crippen molar-refractivity contribution in [2.75, 3.05) is 5.32 Å². The van der Waals surface area contributed by atoms with Gasteiger partial charge in [0.1, 0.15) is 16.8 Å². The van der Waals surface area contributed by atoms with Gasteiger partial charge < -0.3 is 5.32 Å². The summed E-state index contributed by atoms with van der Waals surface area (Å²) in [6, 6.07) is 4.08. The van der Waals surface area contributed by atoms with E-state index in [0.717, 1.165) is 11.8 Å². The quantitative estimate of drug-likeness (QED) is 0.522. The topological polar surface area (TPSA) is 111 Å². The third kappa shape index (κ3) is 3.42. The zero-order valence-corrected chi connectivity index (χ0v) is 12.8. The summed E-state index contributed by atoms with van der Waals surface area (Å²) < 4.78 is 0. The minimum Gasteiger partial charge on any atom is -0.310 e. The highest BCUT2D eigenvalue weighted by Gasteiger charge is 2.46. The van der Waals surface area contributed by atoms with Crippen molar-refractivity contribution in [2.45, 2.75) is 19.3 Å². The fourth-order valence-corrected chi connectivity index (χ4v) is 2.49. The van der Waals surface area contributed by atoms with Crippen LogP contribution in [0.4, 0.5) is 11.5 Å². The molecule has 1 fully saturated rings. The minimum atomic E-state index is -0.594. The average Bonchev–Trinajstić information content (AvgIpc) is 3.27. The number of pyridine rings is 1. The van der Waals surface area contributed by atoms with Crippen LogP contribution in [-0.2, 0) is 4.79 Å². The van der Waals surface area contributed by atoms with E-state index in [1.807, 2.05) is 6.92 Å². The summed E-state index contributed by atoms with van der Waals surface area (Å²) >= 11 is 5.73. The van der Waals surface area contributed by atoms with Crippen LogP contribution < -0.4 is 5.32 Å². The van der Waals surface area contributed by atoms with Crippen molar-refractivity contribution in [2.24, 2.45) is 5.92 Å². The van der Waals surface area contributed by atoms with Crippen LogP contribution in [0.25, 0.3) is 0 Å². The highest BCUT2D eigenvalue weighted by atomic mass is 35.5. The van der Waals surface area contributed by atoms with Gasteiger partial charge in [0.15, 0.2) is 0 Å². The van der Waals surface area contributed by atoms with Gasteiger partial charge in [-0.25, -0.2) is 15.0 Å². The summed E-state index contributed by atoms with van der Waals surface area (Å²) in [5, 5.41) is 13.3. The highest BCUT2D eigenvalue weighted by molar-refractivity contribution is 6.29. The lowest BCUT2D eigenvalue weighted by atomic mass is 10.2. The number of rotatable bonds is 4. The average molecular weight is 334 g/mol. The Morgan fingerprint density at radius 3 is 2.91 bits per heavy atom. The van der Waals surface area contributed by atoms with Gasteiger partial charge in [-0.2, -0.15) is 0 Å². The Labute approximate surface area is 136 Å². The second kappa shape index (κ2) is 5.88. The molecule has 0 radical (unpaired) electrons. The van der Waals surface area contributed by atoms with E-state index in [9.17, 15) is 14.9 Å². The summed E-state index contributed by atoms with van der Waals surface area (Å²) in [4.78, 5) is 34.8. The van der Waals surface area contributed by atoms with E-state index in [-0.39, 0.29) is 34.4 Å². The van der Waals surface area contributed by atoms with Gasteiger partial charge in [-0.05, 0) is 19.4 Å². The molecule has 0 aromatic carbocycles. The third-order valence-electron chi connectivity index (χ3n) is 3.51. The van der Waals surface area contributed by atoms with E-state index in [1.165, 1.54) is 6.07 Å². The van der Waals surface area contributed by atoms with Crippen molar-refractivity contribution in [1.82, 2.24) is 15.0 Å². The minimum absolute atomic E-state index is 0.0379. The predicted molar refractivity (Wildman–Crippen MR) is 82.1 cm³/mol. The highest BCUT2D eigenvalue weighted by Crippen LogP contribution is 2.46. The second-order valence-corrected chi connectivity index (χ2v) is 5.67. The van der Waals surface area contributed by atoms with Crippen molar-refractivity contribution in [1.29, 1.82) is 0 Å². The van der Waals surface area contributed by atoms with Gasteiger partial charge in [0.05, 0.1) is 17.1 Å². The third-order valence-corrected chi connectivity index (χ3v) is 3.71. The fraction of sp³-hybridized carbons (Fsp3) is 0.286. The molecule has 1 aliphatic carbocycles. The molecule has 1 aliphatic rings. The maximum absolute atomic E-state index is 12.2. The van der Waals surface area contributed by atoms with Crippen LogP contribution in [0.15, 0.2) is 24.4 Å². The van der Waals surface area contributed by atoms with Crippen LogP contribution in [0.5, 0.6) is 0 Å². The maximum atomic E-state index is 12.2. The van der Waals surface area contributed by atoms with Crippen LogP contribution in [0.3, 0.4) is 0 Å². The summed E-state index contributed by atoms with van der Waals surface area (Å²) in [5.41, 5.74) is 0.614. The van der Waals surface area contributed by atoms with Crippen LogP contribution in [0.2, 0.25) is 5.15 Å². The monoisotopic (exact) mass is 333 g/mol. The molecular weight excluding hydrogens is 322 g/mol. The lowest BCUT2D eigenvalue weighted by molar-refractivity contribution is -0.384. The molecule has 8 nitrogen and oxygen atoms in total. The van der Waals surface area contributed by atoms with Crippen LogP contribution in [-0.4, -0.2) is 25.8 Å². The number of nitro groups is 1. The van der Waals surface area contributed by atoms with Crippen LogP contribution >= 0.6 is 11.6 Å². The lowest BCUT2D eigenvalue weighted by Gasteiger charge is -2.04. The molecule has 2 atom stereocenters. The SMILES string of the molecule is Cc1ccnc(C2CC2C(=O)Nc2cc([N+](=O)[O-])cc(Cl)n2)n1. The van der Waals surface area contributed by atoms with Gasteiger partial charge >= 0.3 is 0 Å². The zero-order valence-electron chi connectivity index (χ0n) is 12.1. The molecule has 23 heavy (non-hydrogen) atoms. The van der Waals surface area contributed by atoms with Crippen molar-refractivity contribution >= 4 is 29.0 Å². The summed E-state index contributed by atoms with van der Waals surface area (Å²) in [6.45, 7) is 1.86. The molecule has 9 heteroatoms. The Morgan fingerprint density at radius 2 is 2.22 bits per heavy atom.